The molecule has 1 aromatic carbocycles. The molecule has 3 aromatic rings. The Morgan fingerprint density at radius 2 is 1.86 bits per heavy atom. The number of allylic oxidation sites excluding steroid dienone is 4. The molecule has 0 radical (unpaired) electrons. The molecular formula is C22H26N6. The van der Waals surface area contributed by atoms with Gasteiger partial charge in [-0.3, -0.25) is 0 Å². The fraction of sp³-hybridized carbons (Fsp3) is 0.318. The summed E-state index contributed by atoms with van der Waals surface area (Å²) in [4.78, 5) is 2.21. The topological polar surface area (TPSA) is 58.4 Å². The summed E-state index contributed by atoms with van der Waals surface area (Å²) < 4.78 is 1.82. The fourth-order valence-corrected chi connectivity index (χ4v) is 3.56. The van der Waals surface area contributed by atoms with Gasteiger partial charge in [-0.1, -0.05) is 62.4 Å². The average molecular weight is 374 g/mol. The third-order valence-electron chi connectivity index (χ3n) is 4.77. The Balaban J connectivity index is 1.72. The van der Waals surface area contributed by atoms with Gasteiger partial charge < -0.3 is 10.2 Å². The van der Waals surface area contributed by atoms with Gasteiger partial charge in [0.15, 0.2) is 17.3 Å². The van der Waals surface area contributed by atoms with Gasteiger partial charge in [-0.2, -0.15) is 4.52 Å². The second-order valence-electron chi connectivity index (χ2n) is 8.30. The van der Waals surface area contributed by atoms with Gasteiger partial charge in [0, 0.05) is 24.2 Å². The average Bonchev–Trinajstić information content (AvgIpc) is 3.01. The Labute approximate surface area is 165 Å². The molecule has 28 heavy (non-hydrogen) atoms. The van der Waals surface area contributed by atoms with Gasteiger partial charge in [-0.25, -0.2) is 0 Å². The summed E-state index contributed by atoms with van der Waals surface area (Å²) in [5.74, 6) is 1.60. The van der Waals surface area contributed by atoms with E-state index < -0.39 is 0 Å². The molecule has 2 aromatic heterocycles. The smallest absolute Gasteiger partial charge is 0.185 e. The van der Waals surface area contributed by atoms with E-state index in [2.05, 4.69) is 66.6 Å². The SMILES string of the molecule is CN(C)CC(C)(C)CNc1nn2c(-c3ccccc3)nnc2cc1C1=CC=C1. The summed E-state index contributed by atoms with van der Waals surface area (Å²) in [5.41, 5.74) is 4.07. The van der Waals surface area contributed by atoms with Crippen molar-refractivity contribution < 1.29 is 0 Å². The Morgan fingerprint density at radius 3 is 2.50 bits per heavy atom. The standard InChI is InChI=1S/C22H26N6/c1-22(2,15-27(3)4)14-23-20-18(16-11-8-12-16)13-19-24-25-21(28(19)26-20)17-9-6-5-7-10-17/h5-13H,14-15H2,1-4H3,(H,23,26). The lowest BCUT2D eigenvalue weighted by atomic mass is 9.92. The Kier molecular flexibility index (Phi) is 4.73. The molecule has 0 spiro atoms. The van der Waals surface area contributed by atoms with Crippen molar-refractivity contribution >= 4 is 17.0 Å². The van der Waals surface area contributed by atoms with Crippen LogP contribution in [0.25, 0.3) is 22.6 Å². The lowest BCUT2D eigenvalue weighted by molar-refractivity contribution is 0.254. The van der Waals surface area contributed by atoms with E-state index in [1.54, 1.807) is 0 Å². The minimum atomic E-state index is 0.108. The van der Waals surface area contributed by atoms with Crippen molar-refractivity contribution in [2.45, 2.75) is 13.8 Å². The first-order valence-electron chi connectivity index (χ1n) is 9.52. The van der Waals surface area contributed by atoms with Crippen LogP contribution in [0.3, 0.4) is 0 Å². The van der Waals surface area contributed by atoms with Crippen molar-refractivity contribution in [3.8, 4) is 11.4 Å². The lowest BCUT2D eigenvalue weighted by Gasteiger charge is -2.29. The van der Waals surface area contributed by atoms with Crippen LogP contribution in [-0.2, 0) is 0 Å². The second-order valence-corrected chi connectivity index (χ2v) is 8.30. The van der Waals surface area contributed by atoms with E-state index >= 15 is 0 Å². The van der Waals surface area contributed by atoms with E-state index in [-0.39, 0.29) is 5.41 Å². The molecule has 0 amide bonds. The maximum absolute atomic E-state index is 4.89. The summed E-state index contributed by atoms with van der Waals surface area (Å²) >= 11 is 0. The van der Waals surface area contributed by atoms with Crippen LogP contribution in [0.2, 0.25) is 0 Å². The maximum Gasteiger partial charge on any atom is 0.185 e. The van der Waals surface area contributed by atoms with Gasteiger partial charge >= 0.3 is 0 Å². The molecule has 1 aliphatic rings. The zero-order chi connectivity index (χ0) is 19.7. The number of nitrogens with zero attached hydrogens (tertiary/aromatic N) is 5. The Morgan fingerprint density at radius 1 is 1.11 bits per heavy atom. The third-order valence-corrected chi connectivity index (χ3v) is 4.77. The maximum atomic E-state index is 4.89. The van der Waals surface area contributed by atoms with Crippen molar-refractivity contribution in [1.29, 1.82) is 0 Å². The highest BCUT2D eigenvalue weighted by Crippen LogP contribution is 2.30. The van der Waals surface area contributed by atoms with Gasteiger partial charge in [0.1, 0.15) is 0 Å². The molecule has 144 valence electrons. The van der Waals surface area contributed by atoms with Crippen LogP contribution in [0.5, 0.6) is 0 Å². The van der Waals surface area contributed by atoms with E-state index in [4.69, 9.17) is 5.10 Å². The fourth-order valence-electron chi connectivity index (χ4n) is 3.56. The number of aromatic nitrogens is 4. The van der Waals surface area contributed by atoms with E-state index in [1.807, 2.05) is 40.9 Å². The number of anilines is 1. The zero-order valence-corrected chi connectivity index (χ0v) is 16.8. The van der Waals surface area contributed by atoms with Crippen LogP contribution < -0.4 is 5.32 Å². The Bertz CT molecular complexity index is 1040. The molecule has 4 rings (SSSR count). The highest BCUT2D eigenvalue weighted by Gasteiger charge is 2.21. The van der Waals surface area contributed by atoms with Gasteiger partial charge in [-0.05, 0) is 31.1 Å². The minimum Gasteiger partial charge on any atom is -0.368 e. The molecule has 0 unspecified atom stereocenters. The number of benzene rings is 1. The van der Waals surface area contributed by atoms with E-state index in [1.165, 1.54) is 0 Å². The van der Waals surface area contributed by atoms with Crippen LogP contribution in [0.15, 0.2) is 54.6 Å². The van der Waals surface area contributed by atoms with Crippen molar-refractivity contribution in [2.75, 3.05) is 32.5 Å². The first-order valence-corrected chi connectivity index (χ1v) is 9.52. The molecule has 0 fully saturated rings. The predicted octanol–water partition coefficient (Wildman–Crippen LogP) is 3.74. The normalized spacial score (nSPS) is 13.7. The van der Waals surface area contributed by atoms with E-state index in [0.29, 0.717) is 0 Å². The molecule has 0 saturated heterocycles. The quantitative estimate of drug-likeness (QED) is 0.683. The molecule has 0 saturated carbocycles. The summed E-state index contributed by atoms with van der Waals surface area (Å²) in [6, 6.07) is 12.1. The monoisotopic (exact) mass is 374 g/mol. The van der Waals surface area contributed by atoms with Crippen LogP contribution >= 0.6 is 0 Å². The predicted molar refractivity (Wildman–Crippen MR) is 114 cm³/mol. The molecule has 0 aliphatic heterocycles. The summed E-state index contributed by atoms with van der Waals surface area (Å²) in [6.07, 6.45) is 6.23. The Hall–Kier alpha value is -2.99. The van der Waals surface area contributed by atoms with E-state index in [0.717, 1.165) is 47.1 Å². The second kappa shape index (κ2) is 7.20. The molecular weight excluding hydrogens is 348 g/mol. The van der Waals surface area contributed by atoms with Crippen LogP contribution in [0.1, 0.15) is 19.4 Å². The van der Waals surface area contributed by atoms with E-state index in [9.17, 15) is 0 Å². The third kappa shape index (κ3) is 3.68. The number of hydrogen-bond acceptors (Lipinski definition) is 5. The molecule has 0 atom stereocenters. The zero-order valence-electron chi connectivity index (χ0n) is 16.8. The molecule has 0 bridgehead atoms. The number of fused-ring (bicyclic) bond motifs is 1. The van der Waals surface area contributed by atoms with Gasteiger partial charge in [0.25, 0.3) is 0 Å². The van der Waals surface area contributed by atoms with Gasteiger partial charge in [0.05, 0.1) is 0 Å². The molecule has 6 heteroatoms. The highest BCUT2D eigenvalue weighted by molar-refractivity contribution is 5.87. The van der Waals surface area contributed by atoms with Crippen molar-refractivity contribution in [3.05, 3.63) is 60.2 Å². The first kappa shape index (κ1) is 18.4. The highest BCUT2D eigenvalue weighted by atomic mass is 15.4. The summed E-state index contributed by atoms with van der Waals surface area (Å²) in [6.45, 7) is 6.32. The van der Waals surface area contributed by atoms with Crippen LogP contribution in [-0.4, -0.2) is 51.9 Å². The largest absolute Gasteiger partial charge is 0.368 e. The molecule has 6 nitrogen and oxygen atoms in total. The molecule has 2 heterocycles. The summed E-state index contributed by atoms with van der Waals surface area (Å²) in [7, 11) is 4.20. The number of nitrogens with one attached hydrogen (secondary N) is 1. The van der Waals surface area contributed by atoms with Crippen LogP contribution in [0, 0.1) is 5.41 Å². The van der Waals surface area contributed by atoms with Gasteiger partial charge in [-0.15, -0.1) is 15.3 Å². The summed E-state index contributed by atoms with van der Waals surface area (Å²) in [5, 5.41) is 17.2. The number of hydrogen-bond donors (Lipinski definition) is 1. The van der Waals surface area contributed by atoms with Crippen molar-refractivity contribution in [1.82, 2.24) is 24.7 Å². The lowest BCUT2D eigenvalue weighted by Crippen LogP contribution is -2.34. The first-order chi connectivity index (χ1) is 13.4. The van der Waals surface area contributed by atoms with Crippen molar-refractivity contribution in [2.24, 2.45) is 5.41 Å². The van der Waals surface area contributed by atoms with Crippen molar-refractivity contribution in [3.63, 3.8) is 0 Å². The van der Waals surface area contributed by atoms with Crippen LogP contribution in [0.4, 0.5) is 5.82 Å². The molecule has 1 N–H and O–H groups in total. The van der Waals surface area contributed by atoms with Gasteiger partial charge in [0.2, 0.25) is 0 Å². The molecule has 1 aliphatic carbocycles. The minimum absolute atomic E-state index is 0.108. The number of rotatable bonds is 7.